The van der Waals surface area contributed by atoms with Crippen LogP contribution in [0.15, 0.2) is 18.2 Å². The Labute approximate surface area is 121 Å². The summed E-state index contributed by atoms with van der Waals surface area (Å²) >= 11 is 0. The summed E-state index contributed by atoms with van der Waals surface area (Å²) < 4.78 is 26.2. The van der Waals surface area contributed by atoms with Crippen LogP contribution in [0.1, 0.15) is 36.0 Å². The van der Waals surface area contributed by atoms with Crippen LogP contribution in [0.5, 0.6) is 0 Å². The molecule has 1 saturated heterocycles. The highest BCUT2D eigenvalue weighted by molar-refractivity contribution is 5.98. The molecule has 0 aliphatic carbocycles. The highest BCUT2D eigenvalue weighted by atomic mass is 19.1. The molecule has 1 amide bonds. The lowest BCUT2D eigenvalue weighted by Gasteiger charge is -2.11. The van der Waals surface area contributed by atoms with Crippen molar-refractivity contribution in [1.82, 2.24) is 10.6 Å². The number of amides is 1. The van der Waals surface area contributed by atoms with Crippen molar-refractivity contribution >= 4 is 11.7 Å². The Morgan fingerprint density at radius 1 is 1.29 bits per heavy atom. The molecule has 1 aliphatic heterocycles. The van der Waals surface area contributed by atoms with Gasteiger partial charge in [-0.2, -0.15) is 0 Å². The molecule has 2 rings (SSSR count). The van der Waals surface area contributed by atoms with Crippen molar-refractivity contribution in [2.75, 3.05) is 13.1 Å². The molecule has 0 saturated carbocycles. The lowest BCUT2D eigenvalue weighted by molar-refractivity contribution is -0.121. The van der Waals surface area contributed by atoms with Crippen LogP contribution < -0.4 is 10.6 Å². The van der Waals surface area contributed by atoms with Gasteiger partial charge in [-0.05, 0) is 31.5 Å². The Bertz CT molecular complexity index is 528. The summed E-state index contributed by atoms with van der Waals surface area (Å²) in [6.45, 7) is 1.50. The van der Waals surface area contributed by atoms with E-state index in [0.717, 1.165) is 31.5 Å². The van der Waals surface area contributed by atoms with Crippen LogP contribution >= 0.6 is 0 Å². The smallest absolute Gasteiger partial charge is 0.220 e. The molecule has 0 radical (unpaired) electrons. The van der Waals surface area contributed by atoms with Crippen LogP contribution in [0, 0.1) is 11.6 Å². The Balaban J connectivity index is 1.76. The summed E-state index contributed by atoms with van der Waals surface area (Å²) in [7, 11) is 0. The minimum Gasteiger partial charge on any atom is -0.355 e. The van der Waals surface area contributed by atoms with E-state index in [1.54, 1.807) is 0 Å². The molecule has 1 fully saturated rings. The molecule has 1 unspecified atom stereocenters. The molecule has 1 aliphatic rings. The van der Waals surface area contributed by atoms with E-state index in [0.29, 0.717) is 18.7 Å². The zero-order chi connectivity index (χ0) is 15.2. The van der Waals surface area contributed by atoms with Crippen LogP contribution in [-0.4, -0.2) is 30.8 Å². The topological polar surface area (TPSA) is 58.2 Å². The normalized spacial score (nSPS) is 17.7. The van der Waals surface area contributed by atoms with Crippen LogP contribution in [-0.2, 0) is 4.79 Å². The van der Waals surface area contributed by atoms with E-state index >= 15 is 0 Å². The van der Waals surface area contributed by atoms with Crippen molar-refractivity contribution in [1.29, 1.82) is 0 Å². The highest BCUT2D eigenvalue weighted by Gasteiger charge is 2.16. The third kappa shape index (κ3) is 4.60. The molecular formula is C15H18F2N2O2. The maximum Gasteiger partial charge on any atom is 0.220 e. The highest BCUT2D eigenvalue weighted by Crippen LogP contribution is 2.12. The number of Topliss-reactive ketones (excluding diaryl/α,β-unsaturated/α-hetero) is 1. The SMILES string of the molecule is O=C(CCC(=O)c1ccc(F)cc1F)NCC1CCCN1. The lowest BCUT2D eigenvalue weighted by Crippen LogP contribution is -2.37. The molecule has 0 spiro atoms. The Morgan fingerprint density at radius 2 is 2.10 bits per heavy atom. The molecule has 1 aromatic carbocycles. The molecule has 4 nitrogen and oxygen atoms in total. The minimum atomic E-state index is -0.893. The number of carbonyl (C=O) groups excluding carboxylic acids is 2. The average Bonchev–Trinajstić information content (AvgIpc) is 2.95. The fourth-order valence-electron chi connectivity index (χ4n) is 2.33. The second-order valence-electron chi connectivity index (χ2n) is 5.14. The van der Waals surface area contributed by atoms with Crippen molar-refractivity contribution in [2.24, 2.45) is 0 Å². The molecule has 21 heavy (non-hydrogen) atoms. The summed E-state index contributed by atoms with van der Waals surface area (Å²) in [5, 5.41) is 6.00. The summed E-state index contributed by atoms with van der Waals surface area (Å²) in [5.41, 5.74) is -0.179. The molecule has 0 bridgehead atoms. The zero-order valence-corrected chi connectivity index (χ0v) is 11.6. The number of halogens is 2. The molecule has 6 heteroatoms. The van der Waals surface area contributed by atoms with Crippen molar-refractivity contribution < 1.29 is 18.4 Å². The monoisotopic (exact) mass is 296 g/mol. The number of hydrogen-bond donors (Lipinski definition) is 2. The van der Waals surface area contributed by atoms with Gasteiger partial charge < -0.3 is 10.6 Å². The fraction of sp³-hybridized carbons (Fsp3) is 0.467. The summed E-state index contributed by atoms with van der Waals surface area (Å²) in [5.74, 6) is -2.36. The van der Waals surface area contributed by atoms with E-state index in [9.17, 15) is 18.4 Å². The number of hydrogen-bond acceptors (Lipinski definition) is 3. The Kier molecular flexibility index (Phi) is 5.38. The number of benzene rings is 1. The lowest BCUT2D eigenvalue weighted by atomic mass is 10.1. The molecule has 2 N–H and O–H groups in total. The average molecular weight is 296 g/mol. The van der Waals surface area contributed by atoms with E-state index in [2.05, 4.69) is 10.6 Å². The maximum atomic E-state index is 13.4. The van der Waals surface area contributed by atoms with E-state index in [-0.39, 0.29) is 24.3 Å². The zero-order valence-electron chi connectivity index (χ0n) is 11.6. The molecular weight excluding hydrogens is 278 g/mol. The Hall–Kier alpha value is -1.82. The fourth-order valence-corrected chi connectivity index (χ4v) is 2.33. The van der Waals surface area contributed by atoms with Gasteiger partial charge in [-0.25, -0.2) is 8.78 Å². The van der Waals surface area contributed by atoms with Crippen molar-refractivity contribution in [3.8, 4) is 0 Å². The standard InChI is InChI=1S/C15H18F2N2O2/c16-10-3-4-12(13(17)8-10)14(20)5-6-15(21)19-9-11-2-1-7-18-11/h3-4,8,11,18H,1-2,5-7,9H2,(H,19,21). The van der Waals surface area contributed by atoms with Crippen LogP contribution in [0.2, 0.25) is 0 Å². The maximum absolute atomic E-state index is 13.4. The van der Waals surface area contributed by atoms with Gasteiger partial charge in [0.2, 0.25) is 5.91 Å². The largest absolute Gasteiger partial charge is 0.355 e. The summed E-state index contributed by atoms with van der Waals surface area (Å²) in [6, 6.07) is 3.09. The van der Waals surface area contributed by atoms with Gasteiger partial charge in [0.1, 0.15) is 11.6 Å². The van der Waals surface area contributed by atoms with E-state index in [1.807, 2.05) is 0 Å². The van der Waals surface area contributed by atoms with Gasteiger partial charge in [0.15, 0.2) is 5.78 Å². The Morgan fingerprint density at radius 3 is 2.76 bits per heavy atom. The van der Waals surface area contributed by atoms with E-state index < -0.39 is 17.4 Å². The second kappa shape index (κ2) is 7.26. The van der Waals surface area contributed by atoms with Crippen LogP contribution in [0.3, 0.4) is 0 Å². The quantitative estimate of drug-likeness (QED) is 0.787. The van der Waals surface area contributed by atoms with Gasteiger partial charge in [0, 0.05) is 31.5 Å². The predicted molar refractivity (Wildman–Crippen MR) is 74.0 cm³/mol. The number of nitrogens with one attached hydrogen (secondary N) is 2. The minimum absolute atomic E-state index is 0.00235. The van der Waals surface area contributed by atoms with Crippen LogP contribution in [0.4, 0.5) is 8.78 Å². The predicted octanol–water partition coefficient (Wildman–Crippen LogP) is 1.80. The van der Waals surface area contributed by atoms with Gasteiger partial charge >= 0.3 is 0 Å². The van der Waals surface area contributed by atoms with Gasteiger partial charge in [0.05, 0.1) is 5.56 Å². The van der Waals surface area contributed by atoms with Gasteiger partial charge in [-0.3, -0.25) is 9.59 Å². The van der Waals surface area contributed by atoms with E-state index in [4.69, 9.17) is 0 Å². The molecule has 1 aromatic rings. The third-order valence-corrected chi connectivity index (χ3v) is 3.52. The summed E-state index contributed by atoms with van der Waals surface area (Å²) in [4.78, 5) is 23.4. The van der Waals surface area contributed by atoms with Crippen molar-refractivity contribution in [3.05, 3.63) is 35.4 Å². The van der Waals surface area contributed by atoms with Crippen molar-refractivity contribution in [3.63, 3.8) is 0 Å². The molecule has 1 heterocycles. The number of rotatable bonds is 6. The first kappa shape index (κ1) is 15.6. The molecule has 1 atom stereocenters. The first-order valence-corrected chi connectivity index (χ1v) is 7.04. The van der Waals surface area contributed by atoms with Crippen LogP contribution in [0.25, 0.3) is 0 Å². The second-order valence-corrected chi connectivity index (χ2v) is 5.14. The third-order valence-electron chi connectivity index (χ3n) is 3.52. The number of ketones is 1. The van der Waals surface area contributed by atoms with Gasteiger partial charge in [-0.15, -0.1) is 0 Å². The molecule has 114 valence electrons. The van der Waals surface area contributed by atoms with E-state index in [1.165, 1.54) is 0 Å². The number of carbonyl (C=O) groups is 2. The first-order valence-electron chi connectivity index (χ1n) is 7.04. The van der Waals surface area contributed by atoms with Gasteiger partial charge in [-0.1, -0.05) is 0 Å². The first-order chi connectivity index (χ1) is 10.1. The van der Waals surface area contributed by atoms with Crippen molar-refractivity contribution in [2.45, 2.75) is 31.7 Å². The summed E-state index contributed by atoms with van der Waals surface area (Å²) in [6.07, 6.45) is 2.04. The van der Waals surface area contributed by atoms with Gasteiger partial charge in [0.25, 0.3) is 0 Å². The molecule has 0 aromatic heterocycles.